The fraction of sp³-hybridized carbons (Fsp3) is 0.417. The highest BCUT2D eigenvalue weighted by atomic mass is 19.1. The molecule has 1 aliphatic heterocycles. The Hall–Kier alpha value is -1.53. The second kappa shape index (κ2) is 5.88. The van der Waals surface area contributed by atoms with Gasteiger partial charge in [-0.2, -0.15) is 0 Å². The SMILES string of the molecule is O=C(CN1CCNCC1)Nc1ccc(F)cc1F. The summed E-state index contributed by atoms with van der Waals surface area (Å²) >= 11 is 0. The first-order chi connectivity index (χ1) is 8.65. The van der Waals surface area contributed by atoms with Crippen molar-refractivity contribution in [3.63, 3.8) is 0 Å². The van der Waals surface area contributed by atoms with Crippen LogP contribution in [0, 0.1) is 11.6 Å². The molecule has 0 bridgehead atoms. The molecule has 1 aromatic rings. The molecule has 4 nitrogen and oxygen atoms in total. The Bertz CT molecular complexity index is 433. The summed E-state index contributed by atoms with van der Waals surface area (Å²) in [5, 5.41) is 5.62. The maximum absolute atomic E-state index is 13.3. The van der Waals surface area contributed by atoms with E-state index in [0.29, 0.717) is 0 Å². The van der Waals surface area contributed by atoms with Crippen LogP contribution in [-0.2, 0) is 4.79 Å². The van der Waals surface area contributed by atoms with Gasteiger partial charge in [-0.05, 0) is 12.1 Å². The predicted molar refractivity (Wildman–Crippen MR) is 64.3 cm³/mol. The molecular weight excluding hydrogens is 240 g/mol. The maximum Gasteiger partial charge on any atom is 0.238 e. The second-order valence-electron chi connectivity index (χ2n) is 4.20. The third-order valence-electron chi connectivity index (χ3n) is 2.78. The van der Waals surface area contributed by atoms with E-state index in [1.54, 1.807) is 0 Å². The first-order valence-electron chi connectivity index (χ1n) is 5.83. The van der Waals surface area contributed by atoms with Gasteiger partial charge < -0.3 is 10.6 Å². The molecule has 0 spiro atoms. The number of hydrogen-bond acceptors (Lipinski definition) is 3. The van der Waals surface area contributed by atoms with Crippen molar-refractivity contribution in [2.45, 2.75) is 0 Å². The monoisotopic (exact) mass is 255 g/mol. The smallest absolute Gasteiger partial charge is 0.238 e. The van der Waals surface area contributed by atoms with Crippen LogP contribution in [0.1, 0.15) is 0 Å². The standard InChI is InChI=1S/C12H15F2N3O/c13-9-1-2-11(10(14)7-9)16-12(18)8-17-5-3-15-4-6-17/h1-2,7,15H,3-6,8H2,(H,16,18). The van der Waals surface area contributed by atoms with E-state index in [4.69, 9.17) is 0 Å². The van der Waals surface area contributed by atoms with Crippen molar-refractivity contribution < 1.29 is 13.6 Å². The Balaban J connectivity index is 1.90. The quantitative estimate of drug-likeness (QED) is 0.840. The zero-order chi connectivity index (χ0) is 13.0. The molecule has 18 heavy (non-hydrogen) atoms. The minimum atomic E-state index is -0.760. The van der Waals surface area contributed by atoms with Crippen molar-refractivity contribution in [2.75, 3.05) is 38.0 Å². The van der Waals surface area contributed by atoms with Gasteiger partial charge >= 0.3 is 0 Å². The molecule has 1 aromatic carbocycles. The van der Waals surface area contributed by atoms with E-state index in [2.05, 4.69) is 10.6 Å². The van der Waals surface area contributed by atoms with Gasteiger partial charge in [-0.15, -0.1) is 0 Å². The average molecular weight is 255 g/mol. The number of piperazine rings is 1. The number of anilines is 1. The van der Waals surface area contributed by atoms with E-state index in [1.807, 2.05) is 4.90 Å². The number of carbonyl (C=O) groups is 1. The number of nitrogens with one attached hydrogen (secondary N) is 2. The Labute approximate surface area is 104 Å². The summed E-state index contributed by atoms with van der Waals surface area (Å²) in [7, 11) is 0. The van der Waals surface area contributed by atoms with Crippen molar-refractivity contribution in [3.05, 3.63) is 29.8 Å². The van der Waals surface area contributed by atoms with Crippen LogP contribution in [0.5, 0.6) is 0 Å². The molecule has 1 aliphatic rings. The van der Waals surface area contributed by atoms with E-state index in [-0.39, 0.29) is 18.1 Å². The highest BCUT2D eigenvalue weighted by molar-refractivity contribution is 5.92. The molecule has 0 aromatic heterocycles. The number of carbonyl (C=O) groups excluding carboxylic acids is 1. The molecule has 2 N–H and O–H groups in total. The van der Waals surface area contributed by atoms with Crippen LogP contribution in [-0.4, -0.2) is 43.5 Å². The molecule has 1 fully saturated rings. The summed E-state index contributed by atoms with van der Waals surface area (Å²) < 4.78 is 26.0. The van der Waals surface area contributed by atoms with Crippen LogP contribution < -0.4 is 10.6 Å². The van der Waals surface area contributed by atoms with Gasteiger partial charge in [-0.25, -0.2) is 8.78 Å². The third kappa shape index (κ3) is 3.48. The molecule has 0 aliphatic carbocycles. The first-order valence-corrected chi connectivity index (χ1v) is 5.83. The van der Waals surface area contributed by atoms with Crippen molar-refractivity contribution in [3.8, 4) is 0 Å². The predicted octanol–water partition coefficient (Wildman–Crippen LogP) is 0.808. The fourth-order valence-corrected chi connectivity index (χ4v) is 1.85. The first kappa shape index (κ1) is 12.9. The van der Waals surface area contributed by atoms with Gasteiger partial charge in [0, 0.05) is 32.2 Å². The maximum atomic E-state index is 13.3. The van der Waals surface area contributed by atoms with E-state index in [1.165, 1.54) is 6.07 Å². The lowest BCUT2D eigenvalue weighted by Crippen LogP contribution is -2.46. The molecule has 0 atom stereocenters. The molecule has 0 radical (unpaired) electrons. The number of halogens is 2. The molecule has 2 rings (SSSR count). The number of amides is 1. The number of nitrogens with zero attached hydrogens (tertiary/aromatic N) is 1. The van der Waals surface area contributed by atoms with Gasteiger partial charge in [-0.3, -0.25) is 9.69 Å². The molecule has 0 saturated carbocycles. The lowest BCUT2D eigenvalue weighted by atomic mass is 10.3. The minimum absolute atomic E-state index is 0.0107. The van der Waals surface area contributed by atoms with Gasteiger partial charge in [0.2, 0.25) is 5.91 Å². The van der Waals surface area contributed by atoms with Crippen molar-refractivity contribution in [1.29, 1.82) is 0 Å². The summed E-state index contributed by atoms with van der Waals surface area (Å²) in [4.78, 5) is 13.7. The molecule has 1 amide bonds. The van der Waals surface area contributed by atoms with E-state index < -0.39 is 11.6 Å². The normalized spacial score (nSPS) is 16.6. The minimum Gasteiger partial charge on any atom is -0.322 e. The van der Waals surface area contributed by atoms with Crippen molar-refractivity contribution >= 4 is 11.6 Å². The van der Waals surface area contributed by atoms with Crippen LogP contribution in [0.4, 0.5) is 14.5 Å². The zero-order valence-corrected chi connectivity index (χ0v) is 9.88. The Morgan fingerprint density at radius 2 is 2.06 bits per heavy atom. The van der Waals surface area contributed by atoms with Crippen LogP contribution in [0.15, 0.2) is 18.2 Å². The molecule has 6 heteroatoms. The molecule has 1 saturated heterocycles. The summed E-state index contributed by atoms with van der Waals surface area (Å²) in [6.07, 6.45) is 0. The molecule has 0 unspecified atom stereocenters. The van der Waals surface area contributed by atoms with Crippen LogP contribution >= 0.6 is 0 Å². The topological polar surface area (TPSA) is 44.4 Å². The second-order valence-corrected chi connectivity index (χ2v) is 4.20. The van der Waals surface area contributed by atoms with E-state index in [9.17, 15) is 13.6 Å². The van der Waals surface area contributed by atoms with Gasteiger partial charge in [0.1, 0.15) is 11.6 Å². The van der Waals surface area contributed by atoms with Gasteiger partial charge in [0.05, 0.1) is 12.2 Å². The van der Waals surface area contributed by atoms with Gasteiger partial charge in [0.15, 0.2) is 0 Å². The lowest BCUT2D eigenvalue weighted by Gasteiger charge is -2.26. The Morgan fingerprint density at radius 3 is 2.72 bits per heavy atom. The number of rotatable bonds is 3. The molecule has 1 heterocycles. The number of hydrogen-bond donors (Lipinski definition) is 2. The van der Waals surface area contributed by atoms with Gasteiger partial charge in [0.25, 0.3) is 0 Å². The van der Waals surface area contributed by atoms with E-state index in [0.717, 1.165) is 38.3 Å². The summed E-state index contributed by atoms with van der Waals surface area (Å²) in [6, 6.07) is 3.09. The number of benzene rings is 1. The summed E-state index contributed by atoms with van der Waals surface area (Å²) in [5.74, 6) is -1.71. The van der Waals surface area contributed by atoms with Gasteiger partial charge in [-0.1, -0.05) is 0 Å². The fourth-order valence-electron chi connectivity index (χ4n) is 1.85. The van der Waals surface area contributed by atoms with Crippen molar-refractivity contribution in [2.24, 2.45) is 0 Å². The Morgan fingerprint density at radius 1 is 1.33 bits per heavy atom. The molecular formula is C12H15F2N3O. The van der Waals surface area contributed by atoms with Crippen LogP contribution in [0.25, 0.3) is 0 Å². The van der Waals surface area contributed by atoms with Crippen LogP contribution in [0.3, 0.4) is 0 Å². The third-order valence-corrected chi connectivity index (χ3v) is 2.78. The summed E-state index contributed by atoms with van der Waals surface area (Å²) in [5.41, 5.74) is 0.0107. The molecule has 98 valence electrons. The van der Waals surface area contributed by atoms with E-state index >= 15 is 0 Å². The lowest BCUT2D eigenvalue weighted by molar-refractivity contribution is -0.117. The highest BCUT2D eigenvalue weighted by Crippen LogP contribution is 2.14. The largest absolute Gasteiger partial charge is 0.322 e. The van der Waals surface area contributed by atoms with Crippen LogP contribution in [0.2, 0.25) is 0 Å². The average Bonchev–Trinajstić information content (AvgIpc) is 2.34. The summed E-state index contributed by atoms with van der Waals surface area (Å²) in [6.45, 7) is 3.49. The zero-order valence-electron chi connectivity index (χ0n) is 9.88. The van der Waals surface area contributed by atoms with Crippen molar-refractivity contribution in [1.82, 2.24) is 10.2 Å². The Kier molecular flexibility index (Phi) is 4.22. The highest BCUT2D eigenvalue weighted by Gasteiger charge is 2.14.